The van der Waals surface area contributed by atoms with E-state index in [0.717, 1.165) is 6.07 Å². The third kappa shape index (κ3) is 4.84. The number of aromatic nitrogens is 2. The third-order valence-electron chi connectivity index (χ3n) is 3.02. The number of hydrogen-bond acceptors (Lipinski definition) is 4. The van der Waals surface area contributed by atoms with Crippen molar-refractivity contribution in [2.75, 3.05) is 17.2 Å². The Labute approximate surface area is 133 Å². The fraction of sp³-hybridized carbons (Fsp3) is 0.375. The van der Waals surface area contributed by atoms with Gasteiger partial charge in [0.15, 0.2) is 0 Å². The highest BCUT2D eigenvalue weighted by Gasteiger charge is 2.33. The lowest BCUT2D eigenvalue weighted by molar-refractivity contribution is -0.136. The maximum atomic E-state index is 13.0. The Morgan fingerprint density at radius 2 is 1.83 bits per heavy atom. The Kier molecular flexibility index (Phi) is 5.08. The van der Waals surface area contributed by atoms with Crippen molar-refractivity contribution < 1.29 is 13.2 Å². The van der Waals surface area contributed by atoms with Crippen LogP contribution in [0, 0.1) is 12.8 Å². The highest BCUT2D eigenvalue weighted by molar-refractivity contribution is 5.62. The van der Waals surface area contributed by atoms with Crippen molar-refractivity contribution in [3.05, 3.63) is 41.6 Å². The molecule has 0 aliphatic heterocycles. The predicted octanol–water partition coefficient (Wildman–Crippen LogP) is 4.62. The van der Waals surface area contributed by atoms with Crippen LogP contribution in [0.5, 0.6) is 0 Å². The molecule has 0 spiro atoms. The maximum Gasteiger partial charge on any atom is 0.418 e. The summed E-state index contributed by atoms with van der Waals surface area (Å²) in [5, 5.41) is 5.81. The number of nitrogens with zero attached hydrogens (tertiary/aromatic N) is 2. The first-order valence-electron chi connectivity index (χ1n) is 7.28. The van der Waals surface area contributed by atoms with Crippen LogP contribution < -0.4 is 10.6 Å². The summed E-state index contributed by atoms with van der Waals surface area (Å²) in [7, 11) is 0. The Bertz CT molecular complexity index is 669. The number of aryl methyl sites for hydroxylation is 1. The van der Waals surface area contributed by atoms with E-state index in [1.165, 1.54) is 12.1 Å². The summed E-state index contributed by atoms with van der Waals surface area (Å²) in [5.41, 5.74) is -0.0980. The Morgan fingerprint density at radius 3 is 2.48 bits per heavy atom. The fourth-order valence-corrected chi connectivity index (χ4v) is 1.98. The smallest absolute Gasteiger partial charge is 0.354 e. The molecule has 1 heterocycles. The molecule has 0 radical (unpaired) electrons. The first-order chi connectivity index (χ1) is 10.8. The summed E-state index contributed by atoms with van der Waals surface area (Å²) >= 11 is 0. The number of rotatable bonds is 5. The fourth-order valence-electron chi connectivity index (χ4n) is 1.98. The van der Waals surface area contributed by atoms with Gasteiger partial charge in [0, 0.05) is 18.3 Å². The lowest BCUT2D eigenvalue weighted by Crippen LogP contribution is -2.12. The van der Waals surface area contributed by atoms with E-state index in [-0.39, 0.29) is 5.69 Å². The predicted molar refractivity (Wildman–Crippen MR) is 84.8 cm³/mol. The summed E-state index contributed by atoms with van der Waals surface area (Å²) in [6.45, 7) is 6.54. The standard InChI is InChI=1S/C16H19F3N4/c1-10(2)9-20-15-21-11(3)8-14(23-15)22-13-7-5-4-6-12(13)16(17,18)19/h4-8,10H,9H2,1-3H3,(H2,20,21,22,23). The molecule has 0 aliphatic rings. The lowest BCUT2D eigenvalue weighted by Gasteiger charge is -2.15. The minimum absolute atomic E-state index is 0.0343. The highest BCUT2D eigenvalue weighted by atomic mass is 19.4. The first-order valence-corrected chi connectivity index (χ1v) is 7.28. The SMILES string of the molecule is Cc1cc(Nc2ccccc2C(F)(F)F)nc(NCC(C)C)n1. The molecule has 2 rings (SSSR count). The molecule has 124 valence electrons. The van der Waals surface area contributed by atoms with E-state index in [1.807, 2.05) is 13.8 Å². The lowest BCUT2D eigenvalue weighted by atomic mass is 10.1. The van der Waals surface area contributed by atoms with E-state index >= 15 is 0 Å². The van der Waals surface area contributed by atoms with Crippen LogP contribution in [0.2, 0.25) is 0 Å². The zero-order valence-corrected chi connectivity index (χ0v) is 13.2. The third-order valence-corrected chi connectivity index (χ3v) is 3.02. The second kappa shape index (κ2) is 6.85. The van der Waals surface area contributed by atoms with Crippen LogP contribution in [0.1, 0.15) is 25.1 Å². The molecule has 0 amide bonds. The summed E-state index contributed by atoms with van der Waals surface area (Å²) in [6, 6.07) is 6.92. The van der Waals surface area contributed by atoms with Crippen LogP contribution >= 0.6 is 0 Å². The molecule has 0 bridgehead atoms. The monoisotopic (exact) mass is 324 g/mol. The molecule has 0 saturated heterocycles. The van der Waals surface area contributed by atoms with Crippen LogP contribution in [0.15, 0.2) is 30.3 Å². The van der Waals surface area contributed by atoms with Gasteiger partial charge in [0.1, 0.15) is 5.82 Å². The van der Waals surface area contributed by atoms with Crippen molar-refractivity contribution >= 4 is 17.5 Å². The molecule has 0 atom stereocenters. The number of anilines is 3. The van der Waals surface area contributed by atoms with Crippen LogP contribution in [0.3, 0.4) is 0 Å². The average Bonchev–Trinajstić information content (AvgIpc) is 2.44. The molecule has 0 fully saturated rings. The summed E-state index contributed by atoms with van der Waals surface area (Å²) < 4.78 is 39.1. The van der Waals surface area contributed by atoms with Crippen molar-refractivity contribution in [3.8, 4) is 0 Å². The Morgan fingerprint density at radius 1 is 1.13 bits per heavy atom. The zero-order chi connectivity index (χ0) is 17.0. The molecule has 23 heavy (non-hydrogen) atoms. The number of halogens is 3. The molecular formula is C16H19F3N4. The maximum absolute atomic E-state index is 13.0. The van der Waals surface area contributed by atoms with Crippen molar-refractivity contribution in [1.29, 1.82) is 0 Å². The van der Waals surface area contributed by atoms with Gasteiger partial charge in [-0.3, -0.25) is 0 Å². The van der Waals surface area contributed by atoms with Gasteiger partial charge in [0.05, 0.1) is 11.3 Å². The second-order valence-corrected chi connectivity index (χ2v) is 5.66. The minimum Gasteiger partial charge on any atom is -0.354 e. The largest absolute Gasteiger partial charge is 0.418 e. The van der Waals surface area contributed by atoms with Crippen molar-refractivity contribution in [2.24, 2.45) is 5.92 Å². The van der Waals surface area contributed by atoms with Crippen molar-refractivity contribution in [2.45, 2.75) is 26.9 Å². The molecule has 0 saturated carbocycles. The van der Waals surface area contributed by atoms with E-state index in [9.17, 15) is 13.2 Å². The van der Waals surface area contributed by atoms with E-state index < -0.39 is 11.7 Å². The van der Waals surface area contributed by atoms with Crippen molar-refractivity contribution in [3.63, 3.8) is 0 Å². The second-order valence-electron chi connectivity index (χ2n) is 5.66. The summed E-state index contributed by atoms with van der Waals surface area (Å²) in [4.78, 5) is 8.46. The van der Waals surface area contributed by atoms with Gasteiger partial charge in [0.2, 0.25) is 5.95 Å². The Hall–Kier alpha value is -2.31. The van der Waals surface area contributed by atoms with Gasteiger partial charge in [-0.25, -0.2) is 4.98 Å². The first kappa shape index (κ1) is 17.1. The van der Waals surface area contributed by atoms with E-state index in [0.29, 0.717) is 29.9 Å². The normalized spacial score (nSPS) is 11.6. The van der Waals surface area contributed by atoms with Crippen LogP contribution in [-0.4, -0.2) is 16.5 Å². The molecule has 7 heteroatoms. The molecule has 4 nitrogen and oxygen atoms in total. The minimum atomic E-state index is -4.43. The van der Waals surface area contributed by atoms with Crippen molar-refractivity contribution in [1.82, 2.24) is 9.97 Å². The Balaban J connectivity index is 2.27. The van der Waals surface area contributed by atoms with Gasteiger partial charge in [0.25, 0.3) is 0 Å². The van der Waals surface area contributed by atoms with Gasteiger partial charge in [-0.2, -0.15) is 18.2 Å². The van der Waals surface area contributed by atoms with Crippen LogP contribution in [0.4, 0.5) is 30.6 Å². The molecule has 1 aromatic carbocycles. The molecule has 2 aromatic rings. The summed E-state index contributed by atoms with van der Waals surface area (Å²) in [6.07, 6.45) is -4.43. The number of benzene rings is 1. The topological polar surface area (TPSA) is 49.8 Å². The van der Waals surface area contributed by atoms with Gasteiger partial charge < -0.3 is 10.6 Å². The molecular weight excluding hydrogens is 305 g/mol. The quantitative estimate of drug-likeness (QED) is 0.843. The number of para-hydroxylation sites is 1. The van der Waals surface area contributed by atoms with E-state index in [2.05, 4.69) is 20.6 Å². The van der Waals surface area contributed by atoms with Gasteiger partial charge in [-0.15, -0.1) is 0 Å². The number of alkyl halides is 3. The molecule has 2 N–H and O–H groups in total. The van der Waals surface area contributed by atoms with Gasteiger partial charge in [-0.1, -0.05) is 26.0 Å². The average molecular weight is 324 g/mol. The number of nitrogens with one attached hydrogen (secondary N) is 2. The molecule has 0 aliphatic carbocycles. The molecule has 1 aromatic heterocycles. The van der Waals surface area contributed by atoms with E-state index in [1.54, 1.807) is 19.1 Å². The highest BCUT2D eigenvalue weighted by Crippen LogP contribution is 2.35. The summed E-state index contributed by atoms with van der Waals surface area (Å²) in [5.74, 6) is 1.12. The zero-order valence-electron chi connectivity index (χ0n) is 13.2. The van der Waals surface area contributed by atoms with Gasteiger partial charge in [-0.05, 0) is 25.0 Å². The van der Waals surface area contributed by atoms with Crippen LogP contribution in [0.25, 0.3) is 0 Å². The van der Waals surface area contributed by atoms with Gasteiger partial charge >= 0.3 is 6.18 Å². The van der Waals surface area contributed by atoms with E-state index in [4.69, 9.17) is 0 Å². The number of hydrogen-bond donors (Lipinski definition) is 2. The van der Waals surface area contributed by atoms with Crippen LogP contribution in [-0.2, 0) is 6.18 Å². The molecule has 0 unspecified atom stereocenters.